The van der Waals surface area contributed by atoms with Crippen LogP contribution in [0.3, 0.4) is 0 Å². The van der Waals surface area contributed by atoms with Gasteiger partial charge in [0.15, 0.2) is 0 Å². The summed E-state index contributed by atoms with van der Waals surface area (Å²) in [6, 6.07) is 10.0. The average molecular weight is 244 g/mol. The average Bonchev–Trinajstić information content (AvgIpc) is 2.18. The van der Waals surface area contributed by atoms with Gasteiger partial charge >= 0.3 is 0 Å². The van der Waals surface area contributed by atoms with Gasteiger partial charge in [0.2, 0.25) is 0 Å². The lowest BCUT2D eigenvalue weighted by atomic mass is 10.2. The van der Waals surface area contributed by atoms with E-state index in [2.05, 4.69) is 27.7 Å². The van der Waals surface area contributed by atoms with Crippen LogP contribution in [0.2, 0.25) is 0 Å². The Hall–Kier alpha value is -0.830. The molecule has 0 amide bonds. The molecule has 16 heavy (non-hydrogen) atoms. The van der Waals surface area contributed by atoms with Crippen LogP contribution in [0.15, 0.2) is 36.9 Å². The summed E-state index contributed by atoms with van der Waals surface area (Å²) in [4.78, 5) is 0. The van der Waals surface area contributed by atoms with Crippen LogP contribution >= 0.6 is 0 Å². The molecule has 0 radical (unpaired) electrons. The van der Waals surface area contributed by atoms with E-state index in [0.29, 0.717) is 0 Å². The molecule has 0 bridgehead atoms. The van der Waals surface area contributed by atoms with Crippen molar-refractivity contribution in [2.75, 3.05) is 34.3 Å². The number of benzene rings is 1. The molecular formula is C13H22ClNO. The molecule has 2 nitrogen and oxygen atoms in total. The molecule has 0 unspecified atom stereocenters. The predicted octanol–water partition coefficient (Wildman–Crippen LogP) is -0.981. The van der Waals surface area contributed by atoms with Crippen LogP contribution < -0.4 is 12.4 Å². The van der Waals surface area contributed by atoms with Gasteiger partial charge in [-0.25, -0.2) is 0 Å². The van der Waals surface area contributed by atoms with Crippen molar-refractivity contribution in [1.29, 1.82) is 0 Å². The molecule has 0 aliphatic rings. The molecule has 1 aromatic rings. The van der Waals surface area contributed by atoms with Gasteiger partial charge in [-0.1, -0.05) is 43.0 Å². The summed E-state index contributed by atoms with van der Waals surface area (Å²) in [6.45, 7) is 4.75. The van der Waals surface area contributed by atoms with Gasteiger partial charge in [0.1, 0.15) is 6.54 Å². The number of rotatable bonds is 3. The minimum atomic E-state index is 0. The molecule has 0 aliphatic heterocycles. The van der Waals surface area contributed by atoms with Crippen molar-refractivity contribution in [3.63, 3.8) is 0 Å². The van der Waals surface area contributed by atoms with Gasteiger partial charge in [-0.3, -0.25) is 0 Å². The maximum atomic E-state index is 8.39. The van der Waals surface area contributed by atoms with E-state index in [1.165, 1.54) is 5.56 Å². The third-order valence-electron chi connectivity index (χ3n) is 1.81. The highest BCUT2D eigenvalue weighted by Crippen LogP contribution is 1.97. The van der Waals surface area contributed by atoms with Gasteiger partial charge in [0.25, 0.3) is 0 Å². The van der Waals surface area contributed by atoms with Crippen LogP contribution in [-0.4, -0.2) is 43.9 Å². The zero-order valence-corrected chi connectivity index (χ0v) is 11.1. The summed E-state index contributed by atoms with van der Waals surface area (Å²) < 4.78 is 0.844. The highest BCUT2D eigenvalue weighted by Gasteiger charge is 2.02. The molecule has 1 rings (SSSR count). The fraction of sp³-hybridized carbons (Fsp3) is 0.385. The van der Waals surface area contributed by atoms with Crippen molar-refractivity contribution >= 4 is 6.08 Å². The van der Waals surface area contributed by atoms with Crippen molar-refractivity contribution < 1.29 is 22.0 Å². The van der Waals surface area contributed by atoms with Crippen molar-refractivity contribution in [3.05, 3.63) is 42.5 Å². The van der Waals surface area contributed by atoms with Gasteiger partial charge in [-0.2, -0.15) is 0 Å². The monoisotopic (exact) mass is 243 g/mol. The third-order valence-corrected chi connectivity index (χ3v) is 1.81. The van der Waals surface area contributed by atoms with Crippen LogP contribution in [-0.2, 0) is 0 Å². The molecule has 1 aromatic carbocycles. The van der Waals surface area contributed by atoms with E-state index < -0.39 is 0 Å². The first kappa shape index (κ1) is 17.6. The summed E-state index contributed by atoms with van der Waals surface area (Å²) in [5.74, 6) is 0. The standard InChI is InChI=1S/C8H8.C5H14NO.ClH/c1-2-8-6-4-3-5-7-8;1-6(2,3)4-5-7;/h2-7H,1H2;7H,4-5H2,1-3H3;1H/q;+1;/p-1. The minimum absolute atomic E-state index is 0. The third kappa shape index (κ3) is 11.2. The van der Waals surface area contributed by atoms with Gasteiger partial charge in [0.05, 0.1) is 27.7 Å². The topological polar surface area (TPSA) is 20.2 Å². The Morgan fingerprint density at radius 1 is 1.19 bits per heavy atom. The van der Waals surface area contributed by atoms with E-state index in [9.17, 15) is 0 Å². The van der Waals surface area contributed by atoms with Crippen LogP contribution in [0, 0.1) is 0 Å². The summed E-state index contributed by atoms with van der Waals surface area (Å²) in [5, 5.41) is 8.39. The molecule has 0 heterocycles. The number of hydrogen-bond acceptors (Lipinski definition) is 1. The molecule has 0 spiro atoms. The fourth-order valence-electron chi connectivity index (χ4n) is 0.889. The van der Waals surface area contributed by atoms with E-state index >= 15 is 0 Å². The lowest BCUT2D eigenvalue weighted by molar-refractivity contribution is -0.870. The Morgan fingerprint density at radius 3 is 1.88 bits per heavy atom. The molecule has 1 N–H and O–H groups in total. The molecule has 3 heteroatoms. The maximum absolute atomic E-state index is 8.39. The molecule has 0 fully saturated rings. The summed E-state index contributed by atoms with van der Waals surface area (Å²) in [7, 11) is 6.16. The number of likely N-dealkylation sites (N-methyl/N-ethyl adjacent to an activating group) is 1. The number of halogens is 1. The van der Waals surface area contributed by atoms with E-state index in [1.807, 2.05) is 36.4 Å². The number of aliphatic hydroxyl groups is 1. The first-order chi connectivity index (χ1) is 6.99. The molecule has 92 valence electrons. The SMILES string of the molecule is C=Cc1ccccc1.C[N+](C)(C)CCO.[Cl-]. The Labute approximate surface area is 105 Å². The summed E-state index contributed by atoms with van der Waals surface area (Å²) in [6.07, 6.45) is 1.83. The van der Waals surface area contributed by atoms with Crippen molar-refractivity contribution in [3.8, 4) is 0 Å². The van der Waals surface area contributed by atoms with Crippen molar-refractivity contribution in [2.24, 2.45) is 0 Å². The number of quaternary nitrogens is 1. The predicted molar refractivity (Wildman–Crippen MR) is 66.5 cm³/mol. The van der Waals surface area contributed by atoms with E-state index in [-0.39, 0.29) is 19.0 Å². The second kappa shape index (κ2) is 9.40. The molecule has 0 saturated carbocycles. The first-order valence-electron chi connectivity index (χ1n) is 5.08. The Bertz CT molecular complexity index is 267. The van der Waals surface area contributed by atoms with E-state index in [4.69, 9.17) is 5.11 Å². The Kier molecular flexibility index (Phi) is 10.3. The lowest BCUT2D eigenvalue weighted by Crippen LogP contribution is -3.00. The van der Waals surface area contributed by atoms with Crippen LogP contribution in [0.1, 0.15) is 5.56 Å². The van der Waals surface area contributed by atoms with Gasteiger partial charge < -0.3 is 22.0 Å². The number of hydrogen-bond donors (Lipinski definition) is 1. The highest BCUT2D eigenvalue weighted by atomic mass is 35.5. The molecule has 0 saturated heterocycles. The van der Waals surface area contributed by atoms with Gasteiger partial charge in [-0.05, 0) is 5.56 Å². The fourth-order valence-corrected chi connectivity index (χ4v) is 0.889. The maximum Gasteiger partial charge on any atom is 0.101 e. The van der Waals surface area contributed by atoms with E-state index in [0.717, 1.165) is 11.0 Å². The van der Waals surface area contributed by atoms with Crippen molar-refractivity contribution in [2.45, 2.75) is 0 Å². The molecule has 0 aliphatic carbocycles. The molecule has 0 aromatic heterocycles. The molecule has 0 atom stereocenters. The Balaban J connectivity index is 0. The minimum Gasteiger partial charge on any atom is -1.00 e. The second-order valence-electron chi connectivity index (χ2n) is 4.35. The summed E-state index contributed by atoms with van der Waals surface area (Å²) >= 11 is 0. The van der Waals surface area contributed by atoms with Crippen LogP contribution in [0.25, 0.3) is 6.08 Å². The summed E-state index contributed by atoms with van der Waals surface area (Å²) in [5.41, 5.74) is 1.17. The smallest absolute Gasteiger partial charge is 0.101 e. The van der Waals surface area contributed by atoms with Gasteiger partial charge in [0, 0.05) is 0 Å². The second-order valence-corrected chi connectivity index (χ2v) is 4.35. The van der Waals surface area contributed by atoms with Crippen LogP contribution in [0.4, 0.5) is 0 Å². The van der Waals surface area contributed by atoms with E-state index in [1.54, 1.807) is 0 Å². The number of aliphatic hydroxyl groups excluding tert-OH is 1. The first-order valence-corrected chi connectivity index (χ1v) is 5.08. The molecular weight excluding hydrogens is 222 g/mol. The largest absolute Gasteiger partial charge is 1.00 e. The van der Waals surface area contributed by atoms with Crippen LogP contribution in [0.5, 0.6) is 0 Å². The highest BCUT2D eigenvalue weighted by molar-refractivity contribution is 5.45. The normalized spacial score (nSPS) is 9.50. The quantitative estimate of drug-likeness (QED) is 0.677. The zero-order valence-electron chi connectivity index (χ0n) is 10.4. The Morgan fingerprint density at radius 2 is 1.69 bits per heavy atom. The van der Waals surface area contributed by atoms with Crippen molar-refractivity contribution in [1.82, 2.24) is 0 Å². The number of nitrogens with zero attached hydrogens (tertiary/aromatic N) is 1. The van der Waals surface area contributed by atoms with Gasteiger partial charge in [-0.15, -0.1) is 0 Å². The zero-order chi connectivity index (χ0) is 11.7. The lowest BCUT2D eigenvalue weighted by Gasteiger charge is -2.21.